The van der Waals surface area contributed by atoms with Crippen molar-refractivity contribution >= 4 is 11.6 Å². The van der Waals surface area contributed by atoms with Gasteiger partial charge in [-0.15, -0.1) is 0 Å². The highest BCUT2D eigenvalue weighted by atomic mass is 16.1. The third-order valence-corrected chi connectivity index (χ3v) is 1.64. The first-order valence-corrected chi connectivity index (χ1v) is 4.36. The Kier molecular flexibility index (Phi) is 5.26. The van der Waals surface area contributed by atoms with E-state index in [-0.39, 0.29) is 11.6 Å². The summed E-state index contributed by atoms with van der Waals surface area (Å²) in [5.41, 5.74) is 0.587. The molecule has 0 aromatic carbocycles. The molecule has 0 bridgehead atoms. The molecule has 0 aromatic rings. The third kappa shape index (κ3) is 4.06. The van der Waals surface area contributed by atoms with Gasteiger partial charge in [-0.3, -0.25) is 9.59 Å². The van der Waals surface area contributed by atoms with Crippen LogP contribution in [0.15, 0.2) is 11.6 Å². The maximum absolute atomic E-state index is 11.2. The molecule has 12 heavy (non-hydrogen) atoms. The van der Waals surface area contributed by atoms with E-state index in [4.69, 9.17) is 0 Å². The summed E-state index contributed by atoms with van der Waals surface area (Å²) in [5, 5.41) is 0. The molecule has 0 aliphatic rings. The van der Waals surface area contributed by atoms with Crippen molar-refractivity contribution in [2.24, 2.45) is 0 Å². The SMILES string of the molecule is CCCC(=O)/C(C)=C/C(=O)CC. The zero-order chi connectivity index (χ0) is 9.56. The van der Waals surface area contributed by atoms with E-state index in [2.05, 4.69) is 0 Å². The zero-order valence-corrected chi connectivity index (χ0v) is 8.02. The fraction of sp³-hybridized carbons (Fsp3) is 0.600. The van der Waals surface area contributed by atoms with E-state index < -0.39 is 0 Å². The van der Waals surface area contributed by atoms with E-state index in [1.54, 1.807) is 13.8 Å². The topological polar surface area (TPSA) is 34.1 Å². The molecule has 0 fully saturated rings. The highest BCUT2D eigenvalue weighted by molar-refractivity contribution is 6.02. The maximum atomic E-state index is 11.2. The molecule has 0 atom stereocenters. The number of carbonyl (C=O) groups excluding carboxylic acids is 2. The summed E-state index contributed by atoms with van der Waals surface area (Å²) in [5.74, 6) is 0.108. The second-order valence-electron chi connectivity index (χ2n) is 2.82. The van der Waals surface area contributed by atoms with Gasteiger partial charge in [-0.25, -0.2) is 0 Å². The molecule has 0 N–H and O–H groups in total. The molecule has 0 heterocycles. The lowest BCUT2D eigenvalue weighted by Crippen LogP contribution is -2.01. The van der Waals surface area contributed by atoms with Crippen LogP contribution >= 0.6 is 0 Å². The van der Waals surface area contributed by atoms with Crippen LogP contribution in [0.4, 0.5) is 0 Å². The van der Waals surface area contributed by atoms with Gasteiger partial charge in [0.05, 0.1) is 0 Å². The van der Waals surface area contributed by atoms with E-state index >= 15 is 0 Å². The summed E-state index contributed by atoms with van der Waals surface area (Å²) < 4.78 is 0. The Labute approximate surface area is 73.7 Å². The van der Waals surface area contributed by atoms with Crippen molar-refractivity contribution in [3.05, 3.63) is 11.6 Å². The van der Waals surface area contributed by atoms with Crippen molar-refractivity contribution in [3.8, 4) is 0 Å². The third-order valence-electron chi connectivity index (χ3n) is 1.64. The van der Waals surface area contributed by atoms with Crippen LogP contribution in [0.3, 0.4) is 0 Å². The van der Waals surface area contributed by atoms with Crippen molar-refractivity contribution in [3.63, 3.8) is 0 Å². The maximum Gasteiger partial charge on any atom is 0.158 e. The quantitative estimate of drug-likeness (QED) is 0.590. The van der Waals surface area contributed by atoms with E-state index in [0.29, 0.717) is 18.4 Å². The Balaban J connectivity index is 4.17. The lowest BCUT2D eigenvalue weighted by atomic mass is 10.1. The zero-order valence-electron chi connectivity index (χ0n) is 8.02. The van der Waals surface area contributed by atoms with E-state index in [0.717, 1.165) is 6.42 Å². The minimum absolute atomic E-state index is 0.0250. The van der Waals surface area contributed by atoms with E-state index in [1.165, 1.54) is 6.08 Å². The molecule has 0 unspecified atom stereocenters. The molecule has 0 aliphatic carbocycles. The van der Waals surface area contributed by atoms with Crippen molar-refractivity contribution in [2.45, 2.75) is 40.0 Å². The summed E-state index contributed by atoms with van der Waals surface area (Å²) in [6.07, 6.45) is 3.29. The summed E-state index contributed by atoms with van der Waals surface area (Å²) in [6.45, 7) is 5.44. The molecule has 0 saturated carbocycles. The van der Waals surface area contributed by atoms with Gasteiger partial charge in [-0.05, 0) is 25.0 Å². The minimum Gasteiger partial charge on any atom is -0.295 e. The van der Waals surface area contributed by atoms with Crippen LogP contribution in [0.5, 0.6) is 0 Å². The Morgan fingerprint density at radius 2 is 1.83 bits per heavy atom. The predicted octanol–water partition coefficient (Wildman–Crippen LogP) is 2.28. The van der Waals surface area contributed by atoms with Gasteiger partial charge in [0, 0.05) is 12.8 Å². The Morgan fingerprint density at radius 1 is 1.25 bits per heavy atom. The van der Waals surface area contributed by atoms with Gasteiger partial charge in [0.1, 0.15) is 0 Å². The molecule has 0 rings (SSSR count). The fourth-order valence-corrected chi connectivity index (χ4v) is 0.848. The average molecular weight is 168 g/mol. The molecule has 0 amide bonds. The average Bonchev–Trinajstić information content (AvgIpc) is 2.04. The Morgan fingerprint density at radius 3 is 2.25 bits per heavy atom. The van der Waals surface area contributed by atoms with Crippen LogP contribution in [0.1, 0.15) is 40.0 Å². The van der Waals surface area contributed by atoms with E-state index in [1.807, 2.05) is 6.92 Å². The second kappa shape index (κ2) is 5.70. The van der Waals surface area contributed by atoms with Gasteiger partial charge < -0.3 is 0 Å². The van der Waals surface area contributed by atoms with Gasteiger partial charge in [0.25, 0.3) is 0 Å². The molecule has 0 aromatic heterocycles. The van der Waals surface area contributed by atoms with Crippen molar-refractivity contribution in [2.75, 3.05) is 0 Å². The normalized spacial score (nSPS) is 11.4. The number of allylic oxidation sites excluding steroid dienone is 2. The number of Topliss-reactive ketones (excluding diaryl/α,β-unsaturated/α-hetero) is 1. The lowest BCUT2D eigenvalue weighted by molar-refractivity contribution is -0.117. The van der Waals surface area contributed by atoms with Crippen molar-refractivity contribution in [1.29, 1.82) is 0 Å². The minimum atomic E-state index is 0.0250. The molecule has 2 nitrogen and oxygen atoms in total. The number of ketones is 2. The molecule has 68 valence electrons. The largest absolute Gasteiger partial charge is 0.295 e. The van der Waals surface area contributed by atoms with E-state index in [9.17, 15) is 9.59 Å². The van der Waals surface area contributed by atoms with Crippen LogP contribution in [0.2, 0.25) is 0 Å². The lowest BCUT2D eigenvalue weighted by Gasteiger charge is -1.96. The Bertz CT molecular complexity index is 202. The number of hydrogen-bond acceptors (Lipinski definition) is 2. The second-order valence-corrected chi connectivity index (χ2v) is 2.82. The van der Waals surface area contributed by atoms with Crippen LogP contribution < -0.4 is 0 Å². The van der Waals surface area contributed by atoms with Crippen molar-refractivity contribution in [1.82, 2.24) is 0 Å². The first-order valence-electron chi connectivity index (χ1n) is 4.36. The van der Waals surface area contributed by atoms with Gasteiger partial charge in [0.15, 0.2) is 11.6 Å². The van der Waals surface area contributed by atoms with Crippen LogP contribution in [-0.4, -0.2) is 11.6 Å². The summed E-state index contributed by atoms with van der Waals surface area (Å²) in [6, 6.07) is 0. The van der Waals surface area contributed by atoms with Gasteiger partial charge in [0.2, 0.25) is 0 Å². The van der Waals surface area contributed by atoms with Crippen LogP contribution in [0.25, 0.3) is 0 Å². The summed E-state index contributed by atoms with van der Waals surface area (Å²) in [7, 11) is 0. The molecule has 0 saturated heterocycles. The highest BCUT2D eigenvalue weighted by Crippen LogP contribution is 2.02. The number of hydrogen-bond donors (Lipinski definition) is 0. The standard InChI is InChI=1S/C10H16O2/c1-4-6-10(12)8(3)7-9(11)5-2/h7H,4-6H2,1-3H3/b8-7+. The van der Waals surface area contributed by atoms with Crippen molar-refractivity contribution < 1.29 is 9.59 Å². The van der Waals surface area contributed by atoms with Crippen LogP contribution in [-0.2, 0) is 9.59 Å². The van der Waals surface area contributed by atoms with Gasteiger partial charge >= 0.3 is 0 Å². The molecule has 0 aliphatic heterocycles. The van der Waals surface area contributed by atoms with Gasteiger partial charge in [-0.2, -0.15) is 0 Å². The first-order chi connectivity index (χ1) is 5.61. The molecule has 0 radical (unpaired) electrons. The summed E-state index contributed by atoms with van der Waals surface area (Å²) in [4.78, 5) is 22.1. The highest BCUT2D eigenvalue weighted by Gasteiger charge is 2.03. The number of rotatable bonds is 5. The van der Waals surface area contributed by atoms with Gasteiger partial charge in [-0.1, -0.05) is 13.8 Å². The Hall–Kier alpha value is -0.920. The first kappa shape index (κ1) is 11.1. The summed E-state index contributed by atoms with van der Waals surface area (Å²) >= 11 is 0. The fourth-order valence-electron chi connectivity index (χ4n) is 0.848. The monoisotopic (exact) mass is 168 g/mol. The predicted molar refractivity (Wildman–Crippen MR) is 49.0 cm³/mol. The molecular formula is C10H16O2. The number of carbonyl (C=O) groups is 2. The molecular weight excluding hydrogens is 152 g/mol. The smallest absolute Gasteiger partial charge is 0.158 e. The molecule has 2 heteroatoms. The van der Waals surface area contributed by atoms with Crippen LogP contribution in [0, 0.1) is 0 Å². The molecule has 0 spiro atoms.